The number of hydrogen-bond donors (Lipinski definition) is 1. The number of likely N-dealkylation sites (tertiary alicyclic amines) is 1. The predicted octanol–water partition coefficient (Wildman–Crippen LogP) is 3.64. The molecular weight excluding hydrogens is 303 g/mol. The number of nitrogens with zero attached hydrogens (tertiary/aromatic N) is 1. The molecule has 19 heavy (non-hydrogen) atoms. The average molecular weight is 321 g/mol. The number of halogens is 2. The van der Waals surface area contributed by atoms with Gasteiger partial charge in [0.15, 0.2) is 0 Å². The molecule has 0 saturated carbocycles. The van der Waals surface area contributed by atoms with Crippen LogP contribution in [0.15, 0.2) is 6.07 Å². The zero-order valence-corrected chi connectivity index (χ0v) is 13.2. The molecule has 0 bridgehead atoms. The summed E-state index contributed by atoms with van der Waals surface area (Å²) in [5, 5.41) is 0. The van der Waals surface area contributed by atoms with E-state index in [0.717, 1.165) is 25.8 Å². The van der Waals surface area contributed by atoms with Gasteiger partial charge in [0.25, 0.3) is 5.91 Å². The lowest BCUT2D eigenvalue weighted by Crippen LogP contribution is -2.49. The number of thiophene rings is 1. The van der Waals surface area contributed by atoms with Gasteiger partial charge in [-0.1, -0.05) is 36.5 Å². The highest BCUT2D eigenvalue weighted by Gasteiger charge is 2.31. The van der Waals surface area contributed by atoms with Crippen LogP contribution in [0.3, 0.4) is 0 Å². The Kier molecular flexibility index (Phi) is 5.12. The van der Waals surface area contributed by atoms with Crippen molar-refractivity contribution in [2.45, 2.75) is 32.2 Å². The van der Waals surface area contributed by atoms with E-state index in [4.69, 9.17) is 28.9 Å². The van der Waals surface area contributed by atoms with E-state index in [9.17, 15) is 4.79 Å². The summed E-state index contributed by atoms with van der Waals surface area (Å²) < 4.78 is 1.00. The highest BCUT2D eigenvalue weighted by atomic mass is 35.5. The maximum Gasteiger partial charge on any atom is 0.256 e. The normalized spacial score (nSPS) is 23.7. The lowest BCUT2D eigenvalue weighted by Gasteiger charge is -2.38. The molecule has 2 heterocycles. The van der Waals surface area contributed by atoms with Gasteiger partial charge in [0.05, 0.1) is 9.90 Å². The Labute approximate surface area is 127 Å². The number of piperidine rings is 1. The third-order valence-electron chi connectivity index (χ3n) is 3.82. The molecule has 1 fully saturated rings. The van der Waals surface area contributed by atoms with Gasteiger partial charge in [0.1, 0.15) is 4.34 Å². The summed E-state index contributed by atoms with van der Waals surface area (Å²) in [7, 11) is 0. The van der Waals surface area contributed by atoms with E-state index in [1.807, 2.05) is 4.90 Å². The van der Waals surface area contributed by atoms with Crippen molar-refractivity contribution < 1.29 is 4.79 Å². The van der Waals surface area contributed by atoms with Crippen molar-refractivity contribution in [3.63, 3.8) is 0 Å². The van der Waals surface area contributed by atoms with Crippen LogP contribution in [0.25, 0.3) is 0 Å². The monoisotopic (exact) mass is 320 g/mol. The Balaban J connectivity index is 2.16. The van der Waals surface area contributed by atoms with Crippen molar-refractivity contribution in [1.82, 2.24) is 4.90 Å². The SMILES string of the molecule is CCC1CCN(C(=O)c2cc(Cl)sc2Cl)C(CN)C1. The fourth-order valence-electron chi connectivity index (χ4n) is 2.64. The van der Waals surface area contributed by atoms with Gasteiger partial charge in [-0.3, -0.25) is 4.79 Å². The first-order chi connectivity index (χ1) is 9.06. The van der Waals surface area contributed by atoms with E-state index >= 15 is 0 Å². The molecule has 106 valence electrons. The number of rotatable bonds is 3. The van der Waals surface area contributed by atoms with Crippen molar-refractivity contribution in [1.29, 1.82) is 0 Å². The minimum absolute atomic E-state index is 0.0434. The zero-order chi connectivity index (χ0) is 14.0. The predicted molar refractivity (Wildman–Crippen MR) is 81.2 cm³/mol. The van der Waals surface area contributed by atoms with E-state index in [2.05, 4.69) is 6.92 Å². The standard InChI is InChI=1S/C13H18Cl2N2OS/c1-2-8-3-4-17(9(5-8)7-16)13(18)10-6-11(14)19-12(10)15/h6,8-9H,2-5,7,16H2,1H3. The Morgan fingerprint density at radius 1 is 1.58 bits per heavy atom. The van der Waals surface area contributed by atoms with E-state index in [1.165, 1.54) is 11.3 Å². The summed E-state index contributed by atoms with van der Waals surface area (Å²) in [6.45, 7) is 3.44. The van der Waals surface area contributed by atoms with Crippen molar-refractivity contribution >= 4 is 40.4 Å². The molecule has 1 aliphatic rings. The zero-order valence-electron chi connectivity index (χ0n) is 10.9. The molecule has 1 aromatic rings. The van der Waals surface area contributed by atoms with E-state index in [1.54, 1.807) is 6.07 Å². The summed E-state index contributed by atoms with van der Waals surface area (Å²) in [4.78, 5) is 14.4. The quantitative estimate of drug-likeness (QED) is 0.924. The summed E-state index contributed by atoms with van der Waals surface area (Å²) in [6, 6.07) is 1.76. The molecule has 0 aromatic carbocycles. The third-order valence-corrected chi connectivity index (χ3v) is 5.31. The van der Waals surface area contributed by atoms with Crippen LogP contribution >= 0.6 is 34.5 Å². The molecule has 1 aromatic heterocycles. The molecule has 0 spiro atoms. The molecular formula is C13H18Cl2N2OS. The topological polar surface area (TPSA) is 46.3 Å². The van der Waals surface area contributed by atoms with Crippen molar-refractivity contribution in [3.8, 4) is 0 Å². The highest BCUT2D eigenvalue weighted by Crippen LogP contribution is 2.34. The lowest BCUT2D eigenvalue weighted by atomic mass is 9.88. The van der Waals surface area contributed by atoms with E-state index < -0.39 is 0 Å². The first kappa shape index (κ1) is 15.1. The molecule has 2 atom stereocenters. The molecule has 1 saturated heterocycles. The third kappa shape index (κ3) is 3.24. The maximum atomic E-state index is 12.5. The summed E-state index contributed by atoms with van der Waals surface area (Å²) in [5.41, 5.74) is 6.32. The van der Waals surface area contributed by atoms with Gasteiger partial charge in [-0.2, -0.15) is 0 Å². The molecule has 3 nitrogen and oxygen atoms in total. The van der Waals surface area contributed by atoms with Crippen LogP contribution in [0.2, 0.25) is 8.67 Å². The molecule has 0 radical (unpaired) electrons. The van der Waals surface area contributed by atoms with Gasteiger partial charge >= 0.3 is 0 Å². The Morgan fingerprint density at radius 2 is 2.32 bits per heavy atom. The van der Waals surface area contributed by atoms with Crippen molar-refractivity contribution in [2.24, 2.45) is 11.7 Å². The van der Waals surface area contributed by atoms with Crippen LogP contribution in [0.1, 0.15) is 36.5 Å². The van der Waals surface area contributed by atoms with Crippen LogP contribution in [0, 0.1) is 5.92 Å². The fourth-order valence-corrected chi connectivity index (χ4v) is 4.08. The minimum Gasteiger partial charge on any atom is -0.334 e. The van der Waals surface area contributed by atoms with E-state index in [0.29, 0.717) is 26.7 Å². The van der Waals surface area contributed by atoms with Crippen molar-refractivity contribution in [3.05, 3.63) is 20.3 Å². The van der Waals surface area contributed by atoms with Crippen molar-refractivity contribution in [2.75, 3.05) is 13.1 Å². The summed E-state index contributed by atoms with van der Waals surface area (Å²) in [6.07, 6.45) is 3.16. The van der Waals surface area contributed by atoms with Gasteiger partial charge in [0, 0.05) is 19.1 Å². The minimum atomic E-state index is -0.0434. The summed E-state index contributed by atoms with van der Waals surface area (Å²) in [5.74, 6) is 0.622. The number of hydrogen-bond acceptors (Lipinski definition) is 3. The van der Waals surface area contributed by atoms with Crippen LogP contribution < -0.4 is 5.73 Å². The molecule has 1 amide bonds. The maximum absolute atomic E-state index is 12.5. The number of carbonyl (C=O) groups excluding carboxylic acids is 1. The highest BCUT2D eigenvalue weighted by molar-refractivity contribution is 7.20. The van der Waals surface area contributed by atoms with Gasteiger partial charge < -0.3 is 10.6 Å². The Bertz CT molecular complexity index is 463. The summed E-state index contributed by atoms with van der Waals surface area (Å²) >= 11 is 13.2. The number of carbonyl (C=O) groups is 1. The average Bonchev–Trinajstić information content (AvgIpc) is 2.76. The molecule has 2 rings (SSSR count). The van der Waals surface area contributed by atoms with Crippen LogP contribution in [0.4, 0.5) is 0 Å². The second kappa shape index (κ2) is 6.44. The first-order valence-corrected chi connectivity index (χ1v) is 8.09. The number of amides is 1. The van der Waals surface area contributed by atoms with Gasteiger partial charge in [-0.05, 0) is 24.8 Å². The second-order valence-corrected chi connectivity index (χ2v) is 7.21. The first-order valence-electron chi connectivity index (χ1n) is 6.52. The molecule has 1 aliphatic heterocycles. The number of nitrogens with two attached hydrogens (primary N) is 1. The Hall–Kier alpha value is -0.290. The smallest absolute Gasteiger partial charge is 0.256 e. The lowest BCUT2D eigenvalue weighted by molar-refractivity contribution is 0.0559. The fraction of sp³-hybridized carbons (Fsp3) is 0.615. The van der Waals surface area contributed by atoms with Gasteiger partial charge in [-0.15, -0.1) is 11.3 Å². The van der Waals surface area contributed by atoms with Gasteiger partial charge in [0.2, 0.25) is 0 Å². The largest absolute Gasteiger partial charge is 0.334 e. The molecule has 6 heteroatoms. The molecule has 0 aliphatic carbocycles. The molecule has 2 N–H and O–H groups in total. The van der Waals surface area contributed by atoms with Crippen LogP contribution in [-0.4, -0.2) is 29.9 Å². The van der Waals surface area contributed by atoms with E-state index in [-0.39, 0.29) is 11.9 Å². The van der Waals surface area contributed by atoms with Crippen LogP contribution in [-0.2, 0) is 0 Å². The van der Waals surface area contributed by atoms with Crippen LogP contribution in [0.5, 0.6) is 0 Å². The second-order valence-electron chi connectivity index (χ2n) is 4.92. The van der Waals surface area contributed by atoms with Gasteiger partial charge in [-0.25, -0.2) is 0 Å². The molecule has 2 unspecified atom stereocenters. The Morgan fingerprint density at radius 3 is 2.84 bits per heavy atom.